The van der Waals surface area contributed by atoms with Crippen molar-refractivity contribution in [2.24, 2.45) is 0 Å². The molecule has 0 saturated carbocycles. The number of amides is 1. The minimum Gasteiger partial charge on any atom is -0.506 e. The number of methoxy groups -OCH3 is 3. The zero-order valence-electron chi connectivity index (χ0n) is 13.8. The number of hydrogen-bond donors (Lipinski definition) is 2. The Labute approximate surface area is 148 Å². The van der Waals surface area contributed by atoms with Crippen LogP contribution in [0.2, 0.25) is 0 Å². The Kier molecular flexibility index (Phi) is 5.56. The molecule has 0 bridgehead atoms. The average Bonchev–Trinajstić information content (AvgIpc) is 2.57. The highest BCUT2D eigenvalue weighted by Crippen LogP contribution is 2.45. The van der Waals surface area contributed by atoms with Gasteiger partial charge in [-0.25, -0.2) is 0 Å². The van der Waals surface area contributed by atoms with Crippen LogP contribution < -0.4 is 19.5 Å². The van der Waals surface area contributed by atoms with Crippen molar-refractivity contribution in [1.82, 2.24) is 0 Å². The smallest absolute Gasteiger partial charge is 0.257 e. The first-order valence-corrected chi connectivity index (χ1v) is 7.81. The molecule has 0 heterocycles. The van der Waals surface area contributed by atoms with Gasteiger partial charge in [-0.2, -0.15) is 0 Å². The quantitative estimate of drug-likeness (QED) is 0.753. The van der Waals surface area contributed by atoms with Crippen LogP contribution in [0.4, 0.5) is 5.69 Å². The number of hydrogen-bond acceptors (Lipinski definition) is 5. The average molecular weight is 396 g/mol. The van der Waals surface area contributed by atoms with Gasteiger partial charge in [0, 0.05) is 0 Å². The summed E-state index contributed by atoms with van der Waals surface area (Å²) < 4.78 is 16.3. The Morgan fingerprint density at radius 1 is 1.08 bits per heavy atom. The Bertz CT molecular complexity index is 776. The normalized spacial score (nSPS) is 10.2. The molecule has 2 aromatic carbocycles. The third kappa shape index (κ3) is 3.41. The molecule has 7 heteroatoms. The molecule has 0 atom stereocenters. The summed E-state index contributed by atoms with van der Waals surface area (Å²) in [5, 5.41) is 12.6. The molecular formula is C17H18BrNO5. The third-order valence-corrected chi connectivity index (χ3v) is 4.20. The van der Waals surface area contributed by atoms with E-state index in [2.05, 4.69) is 21.2 Å². The molecule has 0 aliphatic heterocycles. The number of nitrogens with one attached hydrogen (secondary N) is 1. The van der Waals surface area contributed by atoms with E-state index in [1.165, 1.54) is 33.5 Å². The van der Waals surface area contributed by atoms with Gasteiger partial charge in [0.25, 0.3) is 5.91 Å². The van der Waals surface area contributed by atoms with Crippen molar-refractivity contribution in [1.29, 1.82) is 0 Å². The summed E-state index contributed by atoms with van der Waals surface area (Å²) in [7, 11) is 4.42. The maximum Gasteiger partial charge on any atom is 0.257 e. The van der Waals surface area contributed by atoms with Crippen molar-refractivity contribution in [3.8, 4) is 23.0 Å². The van der Waals surface area contributed by atoms with Crippen LogP contribution >= 0.6 is 15.9 Å². The van der Waals surface area contributed by atoms with Crippen molar-refractivity contribution in [3.63, 3.8) is 0 Å². The predicted octanol–water partition coefficient (Wildman–Crippen LogP) is 3.74. The first-order valence-electron chi connectivity index (χ1n) is 7.02. The molecule has 1 amide bonds. The zero-order valence-corrected chi connectivity index (χ0v) is 15.4. The Balaban J connectivity index is 2.47. The fraction of sp³-hybridized carbons (Fsp3) is 0.235. The second-order valence-electron chi connectivity index (χ2n) is 4.98. The van der Waals surface area contributed by atoms with E-state index in [0.29, 0.717) is 27.4 Å². The second kappa shape index (κ2) is 7.44. The zero-order chi connectivity index (χ0) is 17.9. The SMILES string of the molecule is COc1cc(C(=O)Nc2cc(C)ccc2O)c(Br)c(OC)c1OC. The fourth-order valence-corrected chi connectivity index (χ4v) is 2.86. The van der Waals surface area contributed by atoms with Gasteiger partial charge in [0.1, 0.15) is 5.75 Å². The molecule has 0 aliphatic rings. The molecular weight excluding hydrogens is 378 g/mol. The Morgan fingerprint density at radius 2 is 1.75 bits per heavy atom. The van der Waals surface area contributed by atoms with Crippen LogP contribution in [0.15, 0.2) is 28.7 Å². The maximum atomic E-state index is 12.6. The molecule has 0 spiro atoms. The summed E-state index contributed by atoms with van der Waals surface area (Å²) in [5.41, 5.74) is 1.51. The van der Waals surface area contributed by atoms with Crippen molar-refractivity contribution in [2.45, 2.75) is 6.92 Å². The van der Waals surface area contributed by atoms with E-state index in [4.69, 9.17) is 14.2 Å². The number of aryl methyl sites for hydroxylation is 1. The van der Waals surface area contributed by atoms with E-state index in [1.807, 2.05) is 6.92 Å². The summed E-state index contributed by atoms with van der Waals surface area (Å²) in [6.07, 6.45) is 0. The number of benzene rings is 2. The van der Waals surface area contributed by atoms with E-state index < -0.39 is 5.91 Å². The highest BCUT2D eigenvalue weighted by molar-refractivity contribution is 9.10. The van der Waals surface area contributed by atoms with Crippen molar-refractivity contribution < 1.29 is 24.1 Å². The first kappa shape index (κ1) is 17.9. The maximum absolute atomic E-state index is 12.6. The lowest BCUT2D eigenvalue weighted by atomic mass is 10.1. The lowest BCUT2D eigenvalue weighted by Crippen LogP contribution is -2.14. The molecule has 0 aromatic heterocycles. The molecule has 2 aromatic rings. The molecule has 2 N–H and O–H groups in total. The monoisotopic (exact) mass is 395 g/mol. The number of rotatable bonds is 5. The van der Waals surface area contributed by atoms with Crippen LogP contribution in [0.3, 0.4) is 0 Å². The molecule has 2 rings (SSSR count). The highest BCUT2D eigenvalue weighted by Gasteiger charge is 2.23. The van der Waals surface area contributed by atoms with Crippen molar-refractivity contribution in [2.75, 3.05) is 26.6 Å². The number of halogens is 1. The van der Waals surface area contributed by atoms with E-state index in [-0.39, 0.29) is 11.3 Å². The summed E-state index contributed by atoms with van der Waals surface area (Å²) in [5.74, 6) is 0.632. The van der Waals surface area contributed by atoms with E-state index in [1.54, 1.807) is 12.1 Å². The fourth-order valence-electron chi connectivity index (χ4n) is 2.23. The molecule has 0 radical (unpaired) electrons. The van der Waals surface area contributed by atoms with Gasteiger partial charge in [0.15, 0.2) is 11.5 Å². The third-order valence-electron chi connectivity index (χ3n) is 3.41. The molecule has 6 nitrogen and oxygen atoms in total. The number of anilines is 1. The first-order chi connectivity index (χ1) is 11.4. The Hall–Kier alpha value is -2.41. The van der Waals surface area contributed by atoms with Gasteiger partial charge in [-0.3, -0.25) is 4.79 Å². The van der Waals surface area contributed by atoms with Crippen LogP contribution in [-0.2, 0) is 0 Å². The van der Waals surface area contributed by atoms with E-state index in [0.717, 1.165) is 5.56 Å². The molecule has 0 fully saturated rings. The van der Waals surface area contributed by atoms with E-state index in [9.17, 15) is 9.90 Å². The summed E-state index contributed by atoms with van der Waals surface area (Å²) in [6.45, 7) is 1.87. The topological polar surface area (TPSA) is 77.0 Å². The standard InChI is InChI=1S/C17H18BrNO5/c1-9-5-6-12(20)11(7-9)19-17(21)10-8-13(22-2)15(23-3)16(24-4)14(10)18/h5-8,20H,1-4H3,(H,19,21). The van der Waals surface area contributed by atoms with Crippen LogP contribution in [-0.4, -0.2) is 32.3 Å². The number of aromatic hydroxyl groups is 1. The minimum absolute atomic E-state index is 0.0162. The lowest BCUT2D eigenvalue weighted by molar-refractivity contribution is 0.102. The van der Waals surface area contributed by atoms with Crippen molar-refractivity contribution >= 4 is 27.5 Å². The number of carbonyl (C=O) groups excluding carboxylic acids is 1. The van der Waals surface area contributed by atoms with E-state index >= 15 is 0 Å². The van der Waals surface area contributed by atoms with Crippen LogP contribution in [0, 0.1) is 6.92 Å². The predicted molar refractivity (Wildman–Crippen MR) is 94.6 cm³/mol. The molecule has 0 saturated heterocycles. The lowest BCUT2D eigenvalue weighted by Gasteiger charge is -2.17. The van der Waals surface area contributed by atoms with Gasteiger partial charge in [-0.1, -0.05) is 6.07 Å². The largest absolute Gasteiger partial charge is 0.506 e. The number of ether oxygens (including phenoxy) is 3. The number of phenols is 1. The second-order valence-corrected chi connectivity index (χ2v) is 5.77. The van der Waals surface area contributed by atoms with Gasteiger partial charge in [-0.05, 0) is 46.6 Å². The Morgan fingerprint density at radius 3 is 2.33 bits per heavy atom. The van der Waals surface area contributed by atoms with Gasteiger partial charge < -0.3 is 24.6 Å². The molecule has 128 valence electrons. The molecule has 0 unspecified atom stereocenters. The van der Waals surface area contributed by atoms with Crippen LogP contribution in [0.1, 0.15) is 15.9 Å². The summed E-state index contributed by atoms with van der Waals surface area (Å²) in [6, 6.07) is 6.49. The van der Waals surface area contributed by atoms with Gasteiger partial charge >= 0.3 is 0 Å². The van der Waals surface area contributed by atoms with Gasteiger partial charge in [0.05, 0.1) is 37.1 Å². The summed E-state index contributed by atoms with van der Waals surface area (Å²) >= 11 is 3.36. The molecule has 24 heavy (non-hydrogen) atoms. The summed E-state index contributed by atoms with van der Waals surface area (Å²) in [4.78, 5) is 12.6. The van der Waals surface area contributed by atoms with Crippen LogP contribution in [0.5, 0.6) is 23.0 Å². The highest BCUT2D eigenvalue weighted by atomic mass is 79.9. The van der Waals surface area contributed by atoms with Crippen molar-refractivity contribution in [3.05, 3.63) is 39.9 Å². The number of carbonyl (C=O) groups is 1. The molecule has 0 aliphatic carbocycles. The van der Waals surface area contributed by atoms with Crippen LogP contribution in [0.25, 0.3) is 0 Å². The number of phenolic OH excluding ortho intramolecular Hbond substituents is 1. The van der Waals surface area contributed by atoms with Gasteiger partial charge in [-0.15, -0.1) is 0 Å². The van der Waals surface area contributed by atoms with Gasteiger partial charge in [0.2, 0.25) is 5.75 Å². The minimum atomic E-state index is -0.429.